The molecule has 9 heteroatoms. The predicted molar refractivity (Wildman–Crippen MR) is 138 cm³/mol. The van der Waals surface area contributed by atoms with Gasteiger partial charge in [0.05, 0.1) is 4.88 Å². The van der Waals surface area contributed by atoms with Gasteiger partial charge in [0, 0.05) is 37.6 Å². The van der Waals surface area contributed by atoms with Crippen molar-refractivity contribution in [3.63, 3.8) is 0 Å². The number of halogens is 1. The van der Waals surface area contributed by atoms with E-state index in [1.165, 1.54) is 29.1 Å². The molecule has 30 heavy (non-hydrogen) atoms. The maximum atomic E-state index is 11.9. The van der Waals surface area contributed by atoms with Crippen LogP contribution in [-0.4, -0.2) is 57.0 Å². The topological polar surface area (TPSA) is 68.8 Å². The van der Waals surface area contributed by atoms with Crippen LogP contribution in [-0.2, 0) is 0 Å². The van der Waals surface area contributed by atoms with E-state index in [2.05, 4.69) is 50.4 Å². The lowest BCUT2D eigenvalue weighted by atomic mass is 9.88. The maximum Gasteiger partial charge on any atom is 0.261 e. The fourth-order valence-electron chi connectivity index (χ4n) is 3.82. The Kier molecular flexibility index (Phi) is 11.1. The highest BCUT2D eigenvalue weighted by Crippen LogP contribution is 2.36. The van der Waals surface area contributed by atoms with Crippen LogP contribution < -0.4 is 16.0 Å². The fraction of sp³-hybridized carbons (Fsp3) is 0.524. The number of likely N-dealkylation sites (tertiary alicyclic amines) is 1. The van der Waals surface area contributed by atoms with Crippen LogP contribution in [0.15, 0.2) is 40.0 Å². The molecule has 0 radical (unpaired) electrons. The van der Waals surface area contributed by atoms with Crippen molar-refractivity contribution < 1.29 is 4.79 Å². The molecule has 3 N–H and O–H groups in total. The molecule has 2 atom stereocenters. The van der Waals surface area contributed by atoms with E-state index in [9.17, 15) is 4.79 Å². The number of hydrogen-bond acceptors (Lipinski definition) is 5. The van der Waals surface area contributed by atoms with Crippen LogP contribution in [0.5, 0.6) is 0 Å². The molecule has 1 fully saturated rings. The predicted octanol–water partition coefficient (Wildman–Crippen LogP) is 3.80. The van der Waals surface area contributed by atoms with Gasteiger partial charge in [-0.3, -0.25) is 14.7 Å². The van der Waals surface area contributed by atoms with Gasteiger partial charge in [-0.25, -0.2) is 0 Å². The quantitative estimate of drug-likeness (QED) is 0.199. The van der Waals surface area contributed by atoms with E-state index in [4.69, 9.17) is 0 Å². The Morgan fingerprint density at radius 2 is 1.93 bits per heavy atom. The first-order chi connectivity index (χ1) is 14.2. The van der Waals surface area contributed by atoms with Crippen LogP contribution in [0.25, 0.3) is 0 Å². The van der Waals surface area contributed by atoms with Crippen molar-refractivity contribution in [2.24, 2.45) is 10.9 Å². The van der Waals surface area contributed by atoms with Gasteiger partial charge in [0.25, 0.3) is 5.91 Å². The van der Waals surface area contributed by atoms with E-state index in [0.29, 0.717) is 18.5 Å². The molecule has 166 valence electrons. The van der Waals surface area contributed by atoms with E-state index in [-0.39, 0.29) is 29.9 Å². The van der Waals surface area contributed by atoms with Crippen LogP contribution in [0, 0.1) is 5.92 Å². The molecule has 0 bridgehead atoms. The Morgan fingerprint density at radius 3 is 2.63 bits per heavy atom. The molecule has 2 unspecified atom stereocenters. The molecular formula is C21H32IN5OS2. The molecule has 2 aromatic heterocycles. The summed E-state index contributed by atoms with van der Waals surface area (Å²) in [6.07, 6.45) is 3.31. The van der Waals surface area contributed by atoms with Gasteiger partial charge < -0.3 is 16.0 Å². The lowest BCUT2D eigenvalue weighted by molar-refractivity contribution is 0.0957. The van der Waals surface area contributed by atoms with Crippen molar-refractivity contribution in [2.75, 3.05) is 40.3 Å². The third-order valence-electron chi connectivity index (χ3n) is 5.27. The molecule has 3 rings (SSSR count). The molecule has 0 aliphatic carbocycles. The number of carbonyl (C=O) groups excluding carboxylic acids is 1. The number of thiophene rings is 2. The highest BCUT2D eigenvalue weighted by atomic mass is 127. The zero-order chi connectivity index (χ0) is 20.5. The number of aliphatic imine (C=N–C) groups is 1. The van der Waals surface area contributed by atoms with E-state index >= 15 is 0 Å². The molecular weight excluding hydrogens is 529 g/mol. The average Bonchev–Trinajstić information content (AvgIpc) is 3.44. The minimum absolute atomic E-state index is 0. The standard InChI is InChI=1S/C21H31N5OS2.HI/c1-22-21(24-11-6-10-23-20(27)18-9-5-14-29-18)25-15-16-7-3-12-26(2)19(16)17-8-4-13-28-17;/h4-5,8-9,13-14,16,19H,3,6-7,10-12,15H2,1-2H3,(H,23,27)(H2,22,24,25);1H. The summed E-state index contributed by atoms with van der Waals surface area (Å²) in [5.74, 6) is 1.40. The normalized spacial score (nSPS) is 19.7. The first-order valence-corrected chi connectivity index (χ1v) is 11.9. The zero-order valence-corrected chi connectivity index (χ0v) is 21.6. The Morgan fingerprint density at radius 1 is 1.17 bits per heavy atom. The molecule has 3 heterocycles. The number of amides is 1. The van der Waals surface area contributed by atoms with Crippen molar-refractivity contribution in [2.45, 2.75) is 25.3 Å². The van der Waals surface area contributed by atoms with Crippen LogP contribution in [0.2, 0.25) is 0 Å². The van der Waals surface area contributed by atoms with Gasteiger partial charge in [0.15, 0.2) is 5.96 Å². The Bertz CT molecular complexity index is 766. The van der Waals surface area contributed by atoms with Crippen molar-refractivity contribution in [1.82, 2.24) is 20.9 Å². The molecule has 2 aromatic rings. The van der Waals surface area contributed by atoms with Crippen molar-refractivity contribution >= 4 is 58.5 Å². The third kappa shape index (κ3) is 7.21. The molecule has 1 amide bonds. The highest BCUT2D eigenvalue weighted by molar-refractivity contribution is 14.0. The third-order valence-corrected chi connectivity index (χ3v) is 7.09. The molecule has 0 aromatic carbocycles. The number of nitrogens with zero attached hydrogens (tertiary/aromatic N) is 2. The second-order valence-electron chi connectivity index (χ2n) is 7.31. The average molecular weight is 562 g/mol. The molecule has 6 nitrogen and oxygen atoms in total. The smallest absolute Gasteiger partial charge is 0.261 e. The van der Waals surface area contributed by atoms with E-state index in [1.54, 1.807) is 7.05 Å². The van der Waals surface area contributed by atoms with Gasteiger partial charge in [-0.05, 0) is 61.7 Å². The van der Waals surface area contributed by atoms with Crippen molar-refractivity contribution in [1.29, 1.82) is 0 Å². The Balaban J connectivity index is 0.00000320. The van der Waals surface area contributed by atoms with Crippen LogP contribution >= 0.6 is 46.7 Å². The first kappa shape index (κ1) is 25.1. The summed E-state index contributed by atoms with van der Waals surface area (Å²) in [5.41, 5.74) is 0. The van der Waals surface area contributed by atoms with Crippen molar-refractivity contribution in [3.8, 4) is 0 Å². The summed E-state index contributed by atoms with van der Waals surface area (Å²) in [7, 11) is 4.03. The zero-order valence-electron chi connectivity index (χ0n) is 17.6. The van der Waals surface area contributed by atoms with Gasteiger partial charge in [0.1, 0.15) is 0 Å². The summed E-state index contributed by atoms with van der Waals surface area (Å²) >= 11 is 3.31. The van der Waals surface area contributed by atoms with Crippen LogP contribution in [0.4, 0.5) is 0 Å². The van der Waals surface area contributed by atoms with Gasteiger partial charge in [-0.2, -0.15) is 0 Å². The largest absolute Gasteiger partial charge is 0.356 e. The second-order valence-corrected chi connectivity index (χ2v) is 9.24. The molecule has 0 saturated carbocycles. The van der Waals surface area contributed by atoms with E-state index < -0.39 is 0 Å². The summed E-state index contributed by atoms with van der Waals surface area (Å²) in [5, 5.41) is 13.9. The number of nitrogens with one attached hydrogen (secondary N) is 3. The van der Waals surface area contributed by atoms with E-state index in [1.807, 2.05) is 28.8 Å². The van der Waals surface area contributed by atoms with Crippen LogP contribution in [0.1, 0.15) is 39.9 Å². The van der Waals surface area contributed by atoms with Gasteiger partial charge in [-0.1, -0.05) is 12.1 Å². The minimum Gasteiger partial charge on any atom is -0.356 e. The number of rotatable bonds is 8. The lowest BCUT2D eigenvalue weighted by Crippen LogP contribution is -2.45. The van der Waals surface area contributed by atoms with E-state index in [0.717, 1.165) is 36.9 Å². The van der Waals surface area contributed by atoms with Crippen LogP contribution in [0.3, 0.4) is 0 Å². The molecule has 0 spiro atoms. The highest BCUT2D eigenvalue weighted by Gasteiger charge is 2.31. The summed E-state index contributed by atoms with van der Waals surface area (Å²) < 4.78 is 0. The van der Waals surface area contributed by atoms with Gasteiger partial charge >= 0.3 is 0 Å². The summed E-state index contributed by atoms with van der Waals surface area (Å²) in [6.45, 7) is 3.48. The lowest BCUT2D eigenvalue weighted by Gasteiger charge is -2.39. The molecule has 1 aliphatic rings. The minimum atomic E-state index is 0. The first-order valence-electron chi connectivity index (χ1n) is 10.2. The van der Waals surface area contributed by atoms with Gasteiger partial charge in [-0.15, -0.1) is 46.7 Å². The molecule has 1 saturated heterocycles. The number of carbonyl (C=O) groups is 1. The number of guanidine groups is 1. The maximum absolute atomic E-state index is 11.9. The number of piperidine rings is 1. The Hall–Kier alpha value is -1.17. The monoisotopic (exact) mass is 561 g/mol. The number of hydrogen-bond donors (Lipinski definition) is 3. The SMILES string of the molecule is CN=C(NCCCNC(=O)c1cccs1)NCC1CCCN(C)C1c1cccs1.I. The fourth-order valence-corrected chi connectivity index (χ4v) is 5.45. The van der Waals surface area contributed by atoms with Crippen molar-refractivity contribution in [3.05, 3.63) is 44.8 Å². The summed E-state index contributed by atoms with van der Waals surface area (Å²) in [6, 6.07) is 8.61. The summed E-state index contributed by atoms with van der Waals surface area (Å²) in [4.78, 5) is 21.0. The molecule has 1 aliphatic heterocycles. The second kappa shape index (κ2) is 13.3. The van der Waals surface area contributed by atoms with Gasteiger partial charge in [0.2, 0.25) is 0 Å². The Labute approximate surface area is 204 Å².